The minimum absolute atomic E-state index is 0.608. The van der Waals surface area contributed by atoms with E-state index in [-0.39, 0.29) is 0 Å². The summed E-state index contributed by atoms with van der Waals surface area (Å²) in [5, 5.41) is 8.02. The van der Waals surface area contributed by atoms with Crippen molar-refractivity contribution >= 4 is 5.82 Å². The van der Waals surface area contributed by atoms with E-state index in [1.165, 1.54) is 11.4 Å². The van der Waals surface area contributed by atoms with E-state index in [0.717, 1.165) is 24.5 Å². The largest absolute Gasteiger partial charge is 0.359 e. The molecule has 114 valence electrons. The van der Waals surface area contributed by atoms with Gasteiger partial charge in [0.1, 0.15) is 5.82 Å². The number of benzene rings is 1. The summed E-state index contributed by atoms with van der Waals surface area (Å²) in [4.78, 5) is 2.31. The lowest BCUT2D eigenvalue weighted by Gasteiger charge is -2.24. The zero-order valence-corrected chi connectivity index (χ0v) is 13.7. The molecule has 1 N–H and O–H groups in total. The van der Waals surface area contributed by atoms with E-state index in [4.69, 9.17) is 5.10 Å². The van der Waals surface area contributed by atoms with Crippen molar-refractivity contribution in [2.45, 2.75) is 27.3 Å². The Morgan fingerprint density at radius 2 is 1.90 bits per heavy atom. The Labute approximate surface area is 127 Å². The maximum atomic E-state index is 4.76. The first-order valence-electron chi connectivity index (χ1n) is 7.54. The summed E-state index contributed by atoms with van der Waals surface area (Å²) in [6.45, 7) is 8.40. The molecule has 0 saturated carbocycles. The highest BCUT2D eigenvalue weighted by atomic mass is 15.4. The van der Waals surface area contributed by atoms with E-state index in [9.17, 15) is 0 Å². The van der Waals surface area contributed by atoms with Crippen LogP contribution in [-0.4, -0.2) is 30.4 Å². The Bertz CT molecular complexity index is 572. The molecule has 0 fully saturated rings. The molecule has 0 atom stereocenters. The van der Waals surface area contributed by atoms with Crippen LogP contribution in [0.15, 0.2) is 30.3 Å². The highest BCUT2D eigenvalue weighted by molar-refractivity contribution is 5.54. The molecule has 4 nitrogen and oxygen atoms in total. The average molecular weight is 286 g/mol. The predicted molar refractivity (Wildman–Crippen MR) is 89.2 cm³/mol. The van der Waals surface area contributed by atoms with Gasteiger partial charge in [0.25, 0.3) is 0 Å². The first-order valence-corrected chi connectivity index (χ1v) is 7.54. The molecule has 21 heavy (non-hydrogen) atoms. The van der Waals surface area contributed by atoms with Crippen LogP contribution in [0.5, 0.6) is 0 Å². The lowest BCUT2D eigenvalue weighted by molar-refractivity contribution is 0.626. The number of hydrogen-bond donors (Lipinski definition) is 1. The Hall–Kier alpha value is -1.81. The van der Waals surface area contributed by atoms with Crippen LogP contribution >= 0.6 is 0 Å². The van der Waals surface area contributed by atoms with E-state index in [0.29, 0.717) is 5.92 Å². The summed E-state index contributed by atoms with van der Waals surface area (Å²) >= 11 is 0. The van der Waals surface area contributed by atoms with Crippen molar-refractivity contribution in [1.82, 2.24) is 15.1 Å². The molecule has 0 unspecified atom stereocenters. The number of rotatable bonds is 6. The van der Waals surface area contributed by atoms with Gasteiger partial charge in [0.05, 0.1) is 11.4 Å². The summed E-state index contributed by atoms with van der Waals surface area (Å²) in [6, 6.07) is 10.3. The standard InChI is InChI=1S/C17H26N4/c1-13(2)12-20(5)17-16(11-18-4)14(3)19-21(17)15-9-7-6-8-10-15/h6-10,13,18H,11-12H2,1-5H3. The second-order valence-electron chi connectivity index (χ2n) is 5.94. The molecule has 1 aromatic carbocycles. The maximum absolute atomic E-state index is 4.76. The topological polar surface area (TPSA) is 33.1 Å². The highest BCUT2D eigenvalue weighted by Gasteiger charge is 2.19. The number of nitrogens with zero attached hydrogens (tertiary/aromatic N) is 3. The molecule has 0 spiro atoms. The normalized spacial score (nSPS) is 11.1. The van der Waals surface area contributed by atoms with Gasteiger partial charge in [-0.25, -0.2) is 4.68 Å². The van der Waals surface area contributed by atoms with Gasteiger partial charge in [0.2, 0.25) is 0 Å². The summed E-state index contributed by atoms with van der Waals surface area (Å²) in [7, 11) is 4.13. The van der Waals surface area contributed by atoms with Crippen molar-refractivity contribution in [3.63, 3.8) is 0 Å². The highest BCUT2D eigenvalue weighted by Crippen LogP contribution is 2.27. The minimum atomic E-state index is 0.608. The van der Waals surface area contributed by atoms with Crippen LogP contribution in [0.4, 0.5) is 5.82 Å². The number of aryl methyl sites for hydroxylation is 1. The van der Waals surface area contributed by atoms with Gasteiger partial charge in [-0.2, -0.15) is 5.10 Å². The molecular weight excluding hydrogens is 260 g/mol. The van der Waals surface area contributed by atoms with E-state index < -0.39 is 0 Å². The van der Waals surface area contributed by atoms with Crippen molar-refractivity contribution in [3.05, 3.63) is 41.6 Å². The first kappa shape index (κ1) is 15.6. The van der Waals surface area contributed by atoms with Crippen molar-refractivity contribution < 1.29 is 0 Å². The quantitative estimate of drug-likeness (QED) is 0.886. The van der Waals surface area contributed by atoms with Crippen molar-refractivity contribution in [3.8, 4) is 5.69 Å². The molecule has 0 aliphatic carbocycles. The Balaban J connectivity index is 2.52. The molecule has 2 rings (SSSR count). The third-order valence-electron chi connectivity index (χ3n) is 3.51. The molecule has 1 heterocycles. The third kappa shape index (κ3) is 3.45. The summed E-state index contributed by atoms with van der Waals surface area (Å²) < 4.78 is 2.06. The van der Waals surface area contributed by atoms with Crippen LogP contribution in [0.1, 0.15) is 25.1 Å². The lowest BCUT2D eigenvalue weighted by Crippen LogP contribution is -2.26. The zero-order valence-electron chi connectivity index (χ0n) is 13.7. The second-order valence-corrected chi connectivity index (χ2v) is 5.94. The van der Waals surface area contributed by atoms with Gasteiger partial charge in [-0.1, -0.05) is 32.0 Å². The van der Waals surface area contributed by atoms with Crippen LogP contribution in [0.2, 0.25) is 0 Å². The van der Waals surface area contributed by atoms with Crippen LogP contribution in [0.3, 0.4) is 0 Å². The number of anilines is 1. The van der Waals surface area contributed by atoms with E-state index in [2.05, 4.69) is 67.0 Å². The Kier molecular flexibility index (Phi) is 5.02. The monoisotopic (exact) mass is 286 g/mol. The molecule has 4 heteroatoms. The van der Waals surface area contributed by atoms with Crippen molar-refractivity contribution in [2.75, 3.05) is 25.5 Å². The zero-order chi connectivity index (χ0) is 15.4. The van der Waals surface area contributed by atoms with Gasteiger partial charge in [-0.15, -0.1) is 0 Å². The smallest absolute Gasteiger partial charge is 0.136 e. The van der Waals surface area contributed by atoms with Gasteiger partial charge in [-0.05, 0) is 32.0 Å². The van der Waals surface area contributed by atoms with Crippen molar-refractivity contribution in [1.29, 1.82) is 0 Å². The number of aromatic nitrogens is 2. The Morgan fingerprint density at radius 3 is 2.48 bits per heavy atom. The predicted octanol–water partition coefficient (Wildman–Crippen LogP) is 2.99. The fraction of sp³-hybridized carbons (Fsp3) is 0.471. The average Bonchev–Trinajstić information content (AvgIpc) is 2.77. The maximum Gasteiger partial charge on any atom is 0.136 e. The fourth-order valence-electron chi connectivity index (χ4n) is 2.71. The minimum Gasteiger partial charge on any atom is -0.359 e. The van der Waals surface area contributed by atoms with Crippen LogP contribution in [0, 0.1) is 12.8 Å². The molecule has 1 aromatic heterocycles. The second kappa shape index (κ2) is 6.76. The lowest BCUT2D eigenvalue weighted by atomic mass is 10.2. The molecule has 0 aliphatic rings. The van der Waals surface area contributed by atoms with Gasteiger partial charge in [0, 0.05) is 25.7 Å². The molecule has 0 saturated heterocycles. The van der Waals surface area contributed by atoms with Gasteiger partial charge in [0.15, 0.2) is 0 Å². The molecule has 0 bridgehead atoms. The summed E-state index contributed by atoms with van der Waals surface area (Å²) in [5.74, 6) is 1.79. The molecular formula is C17H26N4. The molecule has 0 amide bonds. The van der Waals surface area contributed by atoms with Gasteiger partial charge >= 0.3 is 0 Å². The third-order valence-corrected chi connectivity index (χ3v) is 3.51. The SMILES string of the molecule is CNCc1c(C)nn(-c2ccccc2)c1N(C)CC(C)C. The molecule has 0 aliphatic heterocycles. The van der Waals surface area contributed by atoms with Gasteiger partial charge in [-0.3, -0.25) is 0 Å². The fourth-order valence-corrected chi connectivity index (χ4v) is 2.71. The summed E-state index contributed by atoms with van der Waals surface area (Å²) in [5.41, 5.74) is 3.46. The van der Waals surface area contributed by atoms with E-state index in [1.54, 1.807) is 0 Å². The number of hydrogen-bond acceptors (Lipinski definition) is 3. The molecule has 2 aromatic rings. The van der Waals surface area contributed by atoms with Crippen LogP contribution in [0.25, 0.3) is 5.69 Å². The summed E-state index contributed by atoms with van der Waals surface area (Å²) in [6.07, 6.45) is 0. The number of para-hydroxylation sites is 1. The van der Waals surface area contributed by atoms with Gasteiger partial charge < -0.3 is 10.2 Å². The number of nitrogens with one attached hydrogen (secondary N) is 1. The van der Waals surface area contributed by atoms with E-state index >= 15 is 0 Å². The van der Waals surface area contributed by atoms with Crippen molar-refractivity contribution in [2.24, 2.45) is 5.92 Å². The van der Waals surface area contributed by atoms with E-state index in [1.807, 2.05) is 13.1 Å². The first-order chi connectivity index (χ1) is 10.0. The Morgan fingerprint density at radius 1 is 1.24 bits per heavy atom. The van der Waals surface area contributed by atoms with Crippen LogP contribution in [-0.2, 0) is 6.54 Å². The van der Waals surface area contributed by atoms with Crippen LogP contribution < -0.4 is 10.2 Å². The molecule has 0 radical (unpaired) electrons.